The highest BCUT2D eigenvalue weighted by Crippen LogP contribution is 2.11. The van der Waals surface area contributed by atoms with E-state index in [9.17, 15) is 0 Å². The Labute approximate surface area is 344 Å². The third-order valence-electron chi connectivity index (χ3n) is 9.92. The SMILES string of the molecule is CC/C=C/C/C=C/C/C=C/CCCCCCCC.CCCCC/C=C/C/C=C/CCCCCCCC.CCCCCCCC/C=C/CCCCCCCC. The van der Waals surface area contributed by atoms with Crippen LogP contribution >= 0.6 is 0 Å². The first-order valence-corrected chi connectivity index (χ1v) is 24.6. The van der Waals surface area contributed by atoms with E-state index in [0.29, 0.717) is 0 Å². The summed E-state index contributed by atoms with van der Waals surface area (Å²) in [7, 11) is 0. The predicted molar refractivity (Wildman–Crippen MR) is 255 cm³/mol. The Bertz CT molecular complexity index is 756. The molecule has 0 aromatic heterocycles. The summed E-state index contributed by atoms with van der Waals surface area (Å²) in [6.45, 7) is 13.5. The van der Waals surface area contributed by atoms with Crippen LogP contribution in [0.1, 0.15) is 273 Å². The van der Waals surface area contributed by atoms with E-state index in [4.69, 9.17) is 0 Å². The molecule has 0 heterocycles. The molecule has 0 aliphatic rings. The number of unbranched alkanes of at least 4 members (excludes halogenated alkanes) is 27. The number of hydrogen-bond acceptors (Lipinski definition) is 0. The summed E-state index contributed by atoms with van der Waals surface area (Å²) in [4.78, 5) is 0. The van der Waals surface area contributed by atoms with E-state index in [1.807, 2.05) is 0 Å². The van der Waals surface area contributed by atoms with Gasteiger partial charge in [-0.1, -0.05) is 256 Å². The Morgan fingerprint density at radius 2 is 0.370 bits per heavy atom. The molecule has 0 aliphatic heterocycles. The quantitative estimate of drug-likeness (QED) is 0.0433. The molecule has 0 saturated carbocycles. The minimum Gasteiger partial charge on any atom is -0.0885 e. The lowest BCUT2D eigenvalue weighted by molar-refractivity contribution is 0.606. The fraction of sp³-hybridized carbons (Fsp3) is 0.778. The van der Waals surface area contributed by atoms with Crippen LogP contribution < -0.4 is 0 Å². The van der Waals surface area contributed by atoms with Crippen LogP contribution in [0.3, 0.4) is 0 Å². The number of rotatable bonds is 39. The highest BCUT2D eigenvalue weighted by Gasteiger charge is 1.91. The lowest BCUT2D eigenvalue weighted by atomic mass is 10.1. The van der Waals surface area contributed by atoms with Crippen molar-refractivity contribution >= 4 is 0 Å². The van der Waals surface area contributed by atoms with Crippen molar-refractivity contribution in [3.8, 4) is 0 Å². The average Bonchev–Trinajstić information content (AvgIpc) is 3.19. The average molecular weight is 751 g/mol. The van der Waals surface area contributed by atoms with E-state index in [1.54, 1.807) is 0 Å². The standard InChI is InChI=1S/C18H36.C18H34.C18H32/c3*1-3-5-7-9-11-13-15-17-18-16-14-12-10-8-6-4-2/h17-18H,3-16H2,1-2H3;11,13,17-18H,3-10,12,14-16H2,1-2H3;5,7,11,13,17-18H,3-4,6,8-10,12,14-16H2,1-2H3/b18-17+;13-11+,18-17+;7-5+,13-11+,18-17+. The van der Waals surface area contributed by atoms with Crippen molar-refractivity contribution in [2.24, 2.45) is 0 Å². The third-order valence-corrected chi connectivity index (χ3v) is 9.92. The summed E-state index contributed by atoms with van der Waals surface area (Å²) in [5.41, 5.74) is 0. The molecule has 0 amide bonds. The van der Waals surface area contributed by atoms with Crippen LogP contribution in [0.15, 0.2) is 72.9 Å². The highest BCUT2D eigenvalue weighted by atomic mass is 14.0. The van der Waals surface area contributed by atoms with Crippen molar-refractivity contribution < 1.29 is 0 Å². The zero-order valence-corrected chi connectivity index (χ0v) is 38.4. The van der Waals surface area contributed by atoms with Crippen molar-refractivity contribution in [1.82, 2.24) is 0 Å². The Balaban J connectivity index is -0.000000722. The molecule has 0 bridgehead atoms. The summed E-state index contributed by atoms with van der Waals surface area (Å²) in [5.74, 6) is 0. The topological polar surface area (TPSA) is 0 Å². The Morgan fingerprint density at radius 3 is 0.648 bits per heavy atom. The molecule has 318 valence electrons. The molecule has 0 aromatic carbocycles. The van der Waals surface area contributed by atoms with Gasteiger partial charge in [0.2, 0.25) is 0 Å². The lowest BCUT2D eigenvalue weighted by Crippen LogP contribution is -1.79. The van der Waals surface area contributed by atoms with E-state index in [2.05, 4.69) is 114 Å². The monoisotopic (exact) mass is 751 g/mol. The summed E-state index contributed by atoms with van der Waals surface area (Å²) in [5, 5.41) is 0. The zero-order chi connectivity index (χ0) is 39.9. The van der Waals surface area contributed by atoms with Gasteiger partial charge in [-0.2, -0.15) is 0 Å². The fourth-order valence-electron chi connectivity index (χ4n) is 6.25. The minimum atomic E-state index is 1.08. The van der Waals surface area contributed by atoms with Crippen LogP contribution in [0.2, 0.25) is 0 Å². The van der Waals surface area contributed by atoms with Gasteiger partial charge >= 0.3 is 0 Å². The summed E-state index contributed by atoms with van der Waals surface area (Å²) >= 11 is 0. The molecule has 0 unspecified atom stereocenters. The normalized spacial score (nSPS) is 11.9. The molecular weight excluding hydrogens is 649 g/mol. The second kappa shape index (κ2) is 60.7. The van der Waals surface area contributed by atoms with E-state index in [1.165, 1.54) is 205 Å². The van der Waals surface area contributed by atoms with Crippen LogP contribution in [0.5, 0.6) is 0 Å². The van der Waals surface area contributed by atoms with Gasteiger partial charge in [0.1, 0.15) is 0 Å². The Morgan fingerprint density at radius 1 is 0.185 bits per heavy atom. The molecule has 54 heavy (non-hydrogen) atoms. The second-order valence-corrected chi connectivity index (χ2v) is 15.7. The first-order chi connectivity index (χ1) is 26.7. The molecule has 0 fully saturated rings. The Hall–Kier alpha value is -1.56. The van der Waals surface area contributed by atoms with Crippen molar-refractivity contribution in [1.29, 1.82) is 0 Å². The van der Waals surface area contributed by atoms with Crippen LogP contribution in [-0.2, 0) is 0 Å². The van der Waals surface area contributed by atoms with Gasteiger partial charge in [-0.15, -0.1) is 0 Å². The zero-order valence-electron chi connectivity index (χ0n) is 38.4. The fourth-order valence-corrected chi connectivity index (χ4v) is 6.25. The maximum Gasteiger partial charge on any atom is -0.0169 e. The molecule has 0 radical (unpaired) electrons. The molecule has 0 nitrogen and oxygen atoms in total. The van der Waals surface area contributed by atoms with Gasteiger partial charge in [0.15, 0.2) is 0 Å². The van der Waals surface area contributed by atoms with E-state index >= 15 is 0 Å². The van der Waals surface area contributed by atoms with Gasteiger partial charge in [-0.3, -0.25) is 0 Å². The van der Waals surface area contributed by atoms with E-state index in [0.717, 1.165) is 25.7 Å². The van der Waals surface area contributed by atoms with Crippen molar-refractivity contribution in [2.75, 3.05) is 0 Å². The van der Waals surface area contributed by atoms with Crippen LogP contribution in [0, 0.1) is 0 Å². The first kappa shape index (κ1) is 56.8. The van der Waals surface area contributed by atoms with Gasteiger partial charge in [0.25, 0.3) is 0 Å². The van der Waals surface area contributed by atoms with Gasteiger partial charge in [0, 0.05) is 0 Å². The predicted octanol–water partition coefficient (Wildman–Crippen LogP) is 20.5. The molecule has 0 atom stereocenters. The van der Waals surface area contributed by atoms with Gasteiger partial charge in [-0.05, 0) is 89.9 Å². The van der Waals surface area contributed by atoms with Crippen molar-refractivity contribution in [2.45, 2.75) is 273 Å². The van der Waals surface area contributed by atoms with Gasteiger partial charge < -0.3 is 0 Å². The van der Waals surface area contributed by atoms with Crippen LogP contribution in [-0.4, -0.2) is 0 Å². The molecule has 0 saturated heterocycles. The van der Waals surface area contributed by atoms with Gasteiger partial charge in [0.05, 0.1) is 0 Å². The second-order valence-electron chi connectivity index (χ2n) is 15.7. The maximum absolute atomic E-state index is 2.41. The van der Waals surface area contributed by atoms with Crippen molar-refractivity contribution in [3.63, 3.8) is 0 Å². The molecular formula is C54H102. The molecule has 0 heteroatoms. The van der Waals surface area contributed by atoms with E-state index < -0.39 is 0 Å². The van der Waals surface area contributed by atoms with E-state index in [-0.39, 0.29) is 0 Å². The summed E-state index contributed by atoms with van der Waals surface area (Å²) in [6.07, 6.45) is 76.5. The Kier molecular flexibility index (Phi) is 63.8. The number of hydrogen-bond donors (Lipinski definition) is 0. The largest absolute Gasteiger partial charge is 0.0885 e. The third kappa shape index (κ3) is 65.3. The molecule has 0 aromatic rings. The smallest absolute Gasteiger partial charge is 0.0169 e. The van der Waals surface area contributed by atoms with Crippen LogP contribution in [0.25, 0.3) is 0 Å². The van der Waals surface area contributed by atoms with Crippen molar-refractivity contribution in [3.05, 3.63) is 72.9 Å². The van der Waals surface area contributed by atoms with Gasteiger partial charge in [-0.25, -0.2) is 0 Å². The summed E-state index contributed by atoms with van der Waals surface area (Å²) < 4.78 is 0. The molecule has 0 aliphatic carbocycles. The lowest BCUT2D eigenvalue weighted by Gasteiger charge is -1.98. The summed E-state index contributed by atoms with van der Waals surface area (Å²) in [6, 6.07) is 0. The first-order valence-electron chi connectivity index (χ1n) is 24.6. The molecule has 0 N–H and O–H groups in total. The maximum atomic E-state index is 2.41. The highest BCUT2D eigenvalue weighted by molar-refractivity contribution is 4.97. The molecule has 0 rings (SSSR count). The number of allylic oxidation sites excluding steroid dienone is 12. The molecule has 0 spiro atoms. The minimum absolute atomic E-state index is 1.08. The van der Waals surface area contributed by atoms with Crippen LogP contribution in [0.4, 0.5) is 0 Å².